The lowest BCUT2D eigenvalue weighted by Crippen LogP contribution is -2.56. The maximum atomic E-state index is 13.9. The van der Waals surface area contributed by atoms with Crippen LogP contribution in [0, 0.1) is 0 Å². The number of hydrogen-bond acceptors (Lipinski definition) is 4. The summed E-state index contributed by atoms with van der Waals surface area (Å²) in [5.41, 5.74) is 1.46. The molecule has 36 heavy (non-hydrogen) atoms. The Hall–Kier alpha value is -3.71. The largest absolute Gasteiger partial charge is 0.496 e. The van der Waals surface area contributed by atoms with Crippen molar-refractivity contribution in [3.05, 3.63) is 106 Å². The van der Waals surface area contributed by atoms with Gasteiger partial charge >= 0.3 is 0 Å². The molecule has 0 radical (unpaired) electrons. The molecule has 178 valence electrons. The van der Waals surface area contributed by atoms with E-state index < -0.39 is 11.8 Å². The van der Waals surface area contributed by atoms with Crippen molar-refractivity contribution >= 4 is 80.6 Å². The van der Waals surface area contributed by atoms with Gasteiger partial charge in [-0.2, -0.15) is 0 Å². The molecule has 0 aliphatic carbocycles. The molecule has 2 amide bonds. The Labute approximate surface area is 223 Å². The highest BCUT2D eigenvalue weighted by atomic mass is 35.5. The number of nitrogens with zero attached hydrogens (tertiary/aromatic N) is 2. The first kappa shape index (κ1) is 24.0. The molecule has 0 bridgehead atoms. The highest BCUT2D eigenvalue weighted by Gasteiger charge is 2.41. The van der Waals surface area contributed by atoms with Gasteiger partial charge in [0.1, 0.15) is 11.3 Å². The number of fused-ring (bicyclic) bond motifs is 1. The van der Waals surface area contributed by atoms with Crippen LogP contribution in [-0.4, -0.2) is 24.0 Å². The topological polar surface area (TPSA) is 49.9 Å². The average molecular weight is 533 g/mol. The molecule has 1 fully saturated rings. The fraction of sp³-hybridized carbons (Fsp3) is 0.0357. The SMILES string of the molecule is COc1ccc2ccccc2c1/C=C1/C(=O)N(c2ccccc2)C(=S)N(c2ccc(Cl)c(Cl)c2)C1=O. The number of methoxy groups -OCH3 is 1. The van der Waals surface area contributed by atoms with Crippen LogP contribution in [0.1, 0.15) is 5.56 Å². The lowest BCUT2D eigenvalue weighted by Gasteiger charge is -2.36. The zero-order chi connectivity index (χ0) is 25.4. The molecule has 5 nitrogen and oxygen atoms in total. The van der Waals surface area contributed by atoms with Gasteiger partial charge in [-0.1, -0.05) is 71.7 Å². The van der Waals surface area contributed by atoms with Gasteiger partial charge in [-0.05, 0) is 65.5 Å². The molecule has 1 aliphatic heterocycles. The molecular formula is C28H18Cl2N2O3S. The number of ether oxygens (including phenoxy) is 1. The molecule has 1 aliphatic rings. The van der Waals surface area contributed by atoms with Gasteiger partial charge in [0.05, 0.1) is 28.5 Å². The number of halogens is 2. The summed E-state index contributed by atoms with van der Waals surface area (Å²) in [5, 5.41) is 2.39. The Morgan fingerprint density at radius 2 is 1.44 bits per heavy atom. The van der Waals surface area contributed by atoms with E-state index in [1.165, 1.54) is 9.80 Å². The molecule has 1 heterocycles. The lowest BCUT2D eigenvalue weighted by atomic mass is 9.99. The predicted octanol–water partition coefficient (Wildman–Crippen LogP) is 6.90. The minimum absolute atomic E-state index is 0.0108. The van der Waals surface area contributed by atoms with Crippen molar-refractivity contribution in [2.24, 2.45) is 0 Å². The predicted molar refractivity (Wildman–Crippen MR) is 149 cm³/mol. The number of rotatable bonds is 4. The van der Waals surface area contributed by atoms with Gasteiger partial charge in [-0.25, -0.2) is 0 Å². The summed E-state index contributed by atoms with van der Waals surface area (Å²) in [6.07, 6.45) is 1.56. The normalized spacial score (nSPS) is 15.2. The van der Waals surface area contributed by atoms with Gasteiger partial charge in [0, 0.05) is 5.56 Å². The summed E-state index contributed by atoms with van der Waals surface area (Å²) in [6, 6.07) is 25.1. The maximum Gasteiger partial charge on any atom is 0.270 e. The van der Waals surface area contributed by atoms with E-state index in [1.807, 2.05) is 42.5 Å². The van der Waals surface area contributed by atoms with Crippen LogP contribution in [0.15, 0.2) is 90.5 Å². The van der Waals surface area contributed by atoms with Crippen LogP contribution in [0.25, 0.3) is 16.8 Å². The van der Waals surface area contributed by atoms with Crippen LogP contribution < -0.4 is 14.5 Å². The Kier molecular flexibility index (Phi) is 6.49. The number of para-hydroxylation sites is 1. The quantitative estimate of drug-likeness (QED) is 0.163. The van der Waals surface area contributed by atoms with Crippen LogP contribution in [-0.2, 0) is 9.59 Å². The van der Waals surface area contributed by atoms with Gasteiger partial charge in [0.15, 0.2) is 5.11 Å². The van der Waals surface area contributed by atoms with Gasteiger partial charge in [-0.15, -0.1) is 0 Å². The van der Waals surface area contributed by atoms with Crippen molar-refractivity contribution in [3.8, 4) is 5.75 Å². The van der Waals surface area contributed by atoms with E-state index in [9.17, 15) is 9.59 Å². The summed E-state index contributed by atoms with van der Waals surface area (Å²) in [6.45, 7) is 0. The first-order valence-corrected chi connectivity index (χ1v) is 12.1. The fourth-order valence-corrected chi connectivity index (χ4v) is 4.80. The van der Waals surface area contributed by atoms with Crippen molar-refractivity contribution in [1.29, 1.82) is 0 Å². The molecule has 0 saturated carbocycles. The lowest BCUT2D eigenvalue weighted by molar-refractivity contribution is -0.120. The third-order valence-corrected chi connectivity index (χ3v) is 6.97. The number of carbonyl (C=O) groups is 2. The molecule has 4 aromatic rings. The molecule has 0 N–H and O–H groups in total. The van der Waals surface area contributed by atoms with Crippen molar-refractivity contribution in [2.75, 3.05) is 16.9 Å². The molecule has 0 unspecified atom stereocenters. The number of thiocarbonyl (C=S) groups is 1. The molecule has 0 aromatic heterocycles. The summed E-state index contributed by atoms with van der Waals surface area (Å²) in [7, 11) is 1.55. The molecule has 0 atom stereocenters. The average Bonchev–Trinajstić information content (AvgIpc) is 2.89. The number of carbonyl (C=O) groups excluding carboxylic acids is 2. The number of amides is 2. The second kappa shape index (κ2) is 9.74. The summed E-state index contributed by atoms with van der Waals surface area (Å²) in [5.74, 6) is -0.588. The van der Waals surface area contributed by atoms with Crippen molar-refractivity contribution in [2.45, 2.75) is 0 Å². The second-order valence-electron chi connectivity index (χ2n) is 7.96. The standard InChI is InChI=1S/C28H18Cl2N2O3S/c1-35-25-14-11-17-7-5-6-10-20(17)21(25)16-22-26(33)31(18-8-3-2-4-9-18)28(36)32(27(22)34)19-12-13-23(29)24(30)15-19/h2-16H,1H3/b22-16-. The van der Waals surface area contributed by atoms with E-state index in [2.05, 4.69) is 0 Å². The molecule has 5 rings (SSSR count). The van der Waals surface area contributed by atoms with Crippen LogP contribution in [0.4, 0.5) is 11.4 Å². The number of benzene rings is 4. The summed E-state index contributed by atoms with van der Waals surface area (Å²) in [4.78, 5) is 30.3. The van der Waals surface area contributed by atoms with Crippen LogP contribution in [0.3, 0.4) is 0 Å². The summed E-state index contributed by atoms with van der Waals surface area (Å²) >= 11 is 18.0. The molecule has 0 spiro atoms. The van der Waals surface area contributed by atoms with E-state index >= 15 is 0 Å². The Balaban J connectivity index is 1.74. The van der Waals surface area contributed by atoms with Gasteiger partial charge in [0.2, 0.25) is 0 Å². The van der Waals surface area contributed by atoms with E-state index in [-0.39, 0.29) is 15.7 Å². The highest BCUT2D eigenvalue weighted by molar-refractivity contribution is 7.81. The minimum atomic E-state index is -0.578. The number of hydrogen-bond donors (Lipinski definition) is 0. The molecule has 1 saturated heterocycles. The summed E-state index contributed by atoms with van der Waals surface area (Å²) < 4.78 is 5.59. The Morgan fingerprint density at radius 3 is 2.14 bits per heavy atom. The van der Waals surface area contributed by atoms with Gasteiger partial charge in [-0.3, -0.25) is 19.4 Å². The Bertz CT molecular complexity index is 1570. The van der Waals surface area contributed by atoms with Crippen molar-refractivity contribution in [3.63, 3.8) is 0 Å². The van der Waals surface area contributed by atoms with Crippen molar-refractivity contribution < 1.29 is 14.3 Å². The smallest absolute Gasteiger partial charge is 0.270 e. The number of anilines is 2. The van der Waals surface area contributed by atoms with E-state index in [1.54, 1.807) is 55.7 Å². The maximum absolute atomic E-state index is 13.9. The fourth-order valence-electron chi connectivity index (χ4n) is 4.13. The highest BCUT2D eigenvalue weighted by Crippen LogP contribution is 2.35. The zero-order valence-electron chi connectivity index (χ0n) is 18.9. The van der Waals surface area contributed by atoms with Crippen LogP contribution in [0.5, 0.6) is 5.75 Å². The van der Waals surface area contributed by atoms with Crippen LogP contribution >= 0.6 is 35.4 Å². The molecular weight excluding hydrogens is 515 g/mol. The Morgan fingerprint density at radius 1 is 0.778 bits per heavy atom. The van der Waals surface area contributed by atoms with Gasteiger partial charge in [0.25, 0.3) is 11.8 Å². The van der Waals surface area contributed by atoms with E-state index in [0.717, 1.165) is 10.8 Å². The second-order valence-corrected chi connectivity index (χ2v) is 9.14. The molecule has 8 heteroatoms. The first-order valence-electron chi connectivity index (χ1n) is 10.9. The third-order valence-electron chi connectivity index (χ3n) is 5.86. The van der Waals surface area contributed by atoms with Gasteiger partial charge < -0.3 is 4.74 Å². The third kappa shape index (κ3) is 4.13. The monoisotopic (exact) mass is 532 g/mol. The first-order chi connectivity index (χ1) is 17.4. The van der Waals surface area contributed by atoms with E-state index in [0.29, 0.717) is 27.7 Å². The van der Waals surface area contributed by atoms with Crippen LogP contribution in [0.2, 0.25) is 10.0 Å². The molecule has 4 aromatic carbocycles. The minimum Gasteiger partial charge on any atom is -0.496 e. The van der Waals surface area contributed by atoms with E-state index in [4.69, 9.17) is 40.2 Å². The zero-order valence-corrected chi connectivity index (χ0v) is 21.3. The van der Waals surface area contributed by atoms with Crippen molar-refractivity contribution in [1.82, 2.24) is 0 Å².